The predicted molar refractivity (Wildman–Crippen MR) is 103 cm³/mol. The Balaban J connectivity index is 2.21. The normalized spacial score (nSPS) is 10.8. The van der Waals surface area contributed by atoms with E-state index in [1.807, 2.05) is 6.92 Å². The molecular formula is C20H20BO7-. The number of hydrogen-bond donors (Lipinski definition) is 1. The quantitative estimate of drug-likeness (QED) is 0.515. The molecule has 1 aromatic heterocycles. The number of methoxy groups -OCH3 is 2. The van der Waals surface area contributed by atoms with Gasteiger partial charge in [0, 0.05) is 16.5 Å². The van der Waals surface area contributed by atoms with Gasteiger partial charge >= 0.3 is 6.99 Å². The minimum Gasteiger partial charge on any atom is -0.705 e. The lowest BCUT2D eigenvalue weighted by atomic mass is 9.98. The van der Waals surface area contributed by atoms with Crippen LogP contribution in [0.25, 0.3) is 11.0 Å². The van der Waals surface area contributed by atoms with E-state index in [0.717, 1.165) is 5.56 Å². The van der Waals surface area contributed by atoms with E-state index < -0.39 is 6.99 Å². The van der Waals surface area contributed by atoms with Crippen LogP contribution in [0.5, 0.6) is 17.2 Å². The van der Waals surface area contributed by atoms with Crippen molar-refractivity contribution in [2.24, 2.45) is 0 Å². The molecule has 1 heterocycles. The van der Waals surface area contributed by atoms with Crippen LogP contribution in [0.3, 0.4) is 0 Å². The van der Waals surface area contributed by atoms with Gasteiger partial charge in [0.25, 0.3) is 0 Å². The first-order valence-electron chi connectivity index (χ1n) is 8.59. The molecule has 0 saturated heterocycles. The number of carbonyl (C=O) groups is 1. The number of benzene rings is 2. The number of hydrogen-bond acceptors (Lipinski definition) is 6. The third-order valence-corrected chi connectivity index (χ3v) is 4.65. The zero-order chi connectivity index (χ0) is 20.6. The van der Waals surface area contributed by atoms with Crippen LogP contribution in [0.4, 0.5) is 0 Å². The van der Waals surface area contributed by atoms with Crippen molar-refractivity contribution < 1.29 is 33.1 Å². The van der Waals surface area contributed by atoms with E-state index in [0.29, 0.717) is 39.3 Å². The van der Waals surface area contributed by atoms with E-state index in [-0.39, 0.29) is 17.1 Å². The summed E-state index contributed by atoms with van der Waals surface area (Å²) in [6, 6.07) is 6.71. The fraction of sp³-hybridized carbons (Fsp3) is 0.250. The molecule has 8 heteroatoms. The summed E-state index contributed by atoms with van der Waals surface area (Å²) in [5.41, 5.74) is 2.34. The second-order valence-electron chi connectivity index (χ2n) is 6.38. The van der Waals surface area contributed by atoms with Crippen molar-refractivity contribution >= 4 is 23.7 Å². The van der Waals surface area contributed by atoms with Crippen LogP contribution >= 0.6 is 0 Å². The Morgan fingerprint density at radius 3 is 2.21 bits per heavy atom. The molecule has 0 radical (unpaired) electrons. The molecule has 0 unspecified atom stereocenters. The number of rotatable bonds is 6. The molecule has 0 amide bonds. The van der Waals surface area contributed by atoms with Gasteiger partial charge in [0.05, 0.1) is 19.8 Å². The maximum Gasteiger partial charge on any atom is 0.515 e. The third-order valence-electron chi connectivity index (χ3n) is 4.65. The SMILES string of the molecule is COc1cc(C(=O)c2c(C)oc3c(O[B-](=O)O)c(C)ccc23)cc(OC)c1C. The number of fused-ring (bicyclic) bond motifs is 1. The van der Waals surface area contributed by atoms with Crippen LogP contribution in [-0.2, 0) is 4.70 Å². The Bertz CT molecular complexity index is 1070. The first kappa shape index (κ1) is 19.5. The fourth-order valence-corrected chi connectivity index (χ4v) is 3.24. The predicted octanol–water partition coefficient (Wildman–Crippen LogP) is 3.39. The van der Waals surface area contributed by atoms with E-state index in [1.165, 1.54) is 14.2 Å². The molecule has 0 aliphatic rings. The largest absolute Gasteiger partial charge is 0.705 e. The van der Waals surface area contributed by atoms with Gasteiger partial charge in [-0.2, -0.15) is 0 Å². The summed E-state index contributed by atoms with van der Waals surface area (Å²) in [6.45, 7) is 2.96. The molecule has 3 aromatic rings. The maximum atomic E-state index is 13.3. The average molecular weight is 383 g/mol. The standard InChI is InChI=1S/C20H20BO7/c1-10-6-7-14-17(12(3)27-20(14)19(10)28-21(23)24)18(22)13-8-15(25-4)11(2)16(9-13)26-5/h6-9,23H,1-5H3/q-1. The fourth-order valence-electron chi connectivity index (χ4n) is 3.24. The molecule has 0 fully saturated rings. The minimum atomic E-state index is -2.25. The summed E-state index contributed by atoms with van der Waals surface area (Å²) in [5.74, 6) is 1.26. The van der Waals surface area contributed by atoms with Gasteiger partial charge < -0.3 is 28.3 Å². The maximum absolute atomic E-state index is 13.3. The molecule has 28 heavy (non-hydrogen) atoms. The molecule has 146 valence electrons. The van der Waals surface area contributed by atoms with Crippen molar-refractivity contribution in [1.29, 1.82) is 0 Å². The smallest absolute Gasteiger partial charge is 0.515 e. The van der Waals surface area contributed by atoms with Crippen molar-refractivity contribution in [3.8, 4) is 17.2 Å². The van der Waals surface area contributed by atoms with E-state index in [4.69, 9.17) is 23.6 Å². The van der Waals surface area contributed by atoms with Gasteiger partial charge in [-0.3, -0.25) is 4.79 Å². The second-order valence-corrected chi connectivity index (χ2v) is 6.38. The monoisotopic (exact) mass is 383 g/mol. The van der Waals surface area contributed by atoms with Gasteiger partial charge in [0.2, 0.25) is 0 Å². The van der Waals surface area contributed by atoms with E-state index in [2.05, 4.69) is 0 Å². The van der Waals surface area contributed by atoms with Gasteiger partial charge in [0.1, 0.15) is 23.0 Å². The van der Waals surface area contributed by atoms with Gasteiger partial charge in [-0.1, -0.05) is 6.07 Å². The number of furan rings is 1. The van der Waals surface area contributed by atoms with Crippen molar-refractivity contribution in [2.45, 2.75) is 20.8 Å². The first-order valence-corrected chi connectivity index (χ1v) is 8.59. The van der Waals surface area contributed by atoms with Gasteiger partial charge in [0.15, 0.2) is 11.4 Å². The van der Waals surface area contributed by atoms with Crippen LogP contribution < -0.4 is 14.1 Å². The van der Waals surface area contributed by atoms with E-state index in [9.17, 15) is 9.50 Å². The summed E-state index contributed by atoms with van der Waals surface area (Å²) >= 11 is 0. The molecule has 0 saturated carbocycles. The molecule has 0 bridgehead atoms. The molecule has 3 rings (SSSR count). The van der Waals surface area contributed by atoms with E-state index >= 15 is 0 Å². The molecule has 0 aliphatic heterocycles. The minimum absolute atomic E-state index is 0.112. The van der Waals surface area contributed by atoms with Crippen LogP contribution in [0.1, 0.15) is 32.8 Å². The summed E-state index contributed by atoms with van der Waals surface area (Å²) < 4.78 is 32.5. The van der Waals surface area contributed by atoms with Crippen molar-refractivity contribution in [3.05, 3.63) is 52.3 Å². The van der Waals surface area contributed by atoms with Gasteiger partial charge in [-0.15, -0.1) is 0 Å². The van der Waals surface area contributed by atoms with Crippen LogP contribution in [-0.4, -0.2) is 32.0 Å². The number of ketones is 1. The molecule has 0 aliphatic carbocycles. The Hall–Kier alpha value is -3.29. The average Bonchev–Trinajstić information content (AvgIpc) is 2.99. The lowest BCUT2D eigenvalue weighted by Gasteiger charge is -2.13. The topological polar surface area (TPSA) is 95.2 Å². The highest BCUT2D eigenvalue weighted by atomic mass is 16.6. The molecule has 2 aromatic carbocycles. The van der Waals surface area contributed by atoms with Crippen LogP contribution in [0.2, 0.25) is 0 Å². The van der Waals surface area contributed by atoms with Gasteiger partial charge in [-0.05, 0) is 44.5 Å². The van der Waals surface area contributed by atoms with Gasteiger partial charge in [-0.25, -0.2) is 0 Å². The highest BCUT2D eigenvalue weighted by Gasteiger charge is 2.24. The molecule has 1 N–H and O–H groups in total. The second kappa shape index (κ2) is 7.38. The molecule has 0 atom stereocenters. The summed E-state index contributed by atoms with van der Waals surface area (Å²) in [4.78, 5) is 13.3. The zero-order valence-electron chi connectivity index (χ0n) is 16.3. The Morgan fingerprint density at radius 1 is 1.07 bits per heavy atom. The van der Waals surface area contributed by atoms with Crippen molar-refractivity contribution in [2.75, 3.05) is 14.2 Å². The summed E-state index contributed by atoms with van der Waals surface area (Å²) in [6.07, 6.45) is 0. The molecular weight excluding hydrogens is 363 g/mol. The van der Waals surface area contributed by atoms with Crippen LogP contribution in [0, 0.1) is 20.8 Å². The molecule has 7 nitrogen and oxygen atoms in total. The van der Waals surface area contributed by atoms with Crippen molar-refractivity contribution in [3.63, 3.8) is 0 Å². The van der Waals surface area contributed by atoms with E-state index in [1.54, 1.807) is 38.1 Å². The Morgan fingerprint density at radius 2 is 1.68 bits per heavy atom. The third kappa shape index (κ3) is 3.22. The zero-order valence-corrected chi connectivity index (χ0v) is 16.3. The van der Waals surface area contributed by atoms with Crippen LogP contribution in [0.15, 0.2) is 28.7 Å². The number of aryl methyl sites for hydroxylation is 2. The lowest BCUT2D eigenvalue weighted by molar-refractivity contribution is 0.103. The first-order chi connectivity index (χ1) is 13.3. The van der Waals surface area contributed by atoms with Crippen molar-refractivity contribution in [1.82, 2.24) is 0 Å². The Labute approximate surface area is 162 Å². The highest BCUT2D eigenvalue weighted by Crippen LogP contribution is 2.37. The summed E-state index contributed by atoms with van der Waals surface area (Å²) in [7, 11) is 3.05. The Kier molecular flexibility index (Phi) is 5.13. The highest BCUT2D eigenvalue weighted by molar-refractivity contribution is 6.26. The lowest BCUT2D eigenvalue weighted by Crippen LogP contribution is -2.10. The number of ether oxygens (including phenoxy) is 2. The number of carbonyl (C=O) groups excluding carboxylic acids is 1. The molecule has 0 spiro atoms. The summed E-state index contributed by atoms with van der Waals surface area (Å²) in [5, 5.41) is 9.57.